The van der Waals surface area contributed by atoms with Crippen LogP contribution in [0.5, 0.6) is 0 Å². The molecule has 0 aromatic heterocycles. The highest BCUT2D eigenvalue weighted by atomic mass is 32.2. The maximum Gasteiger partial charge on any atom is 0.308 e. The fraction of sp³-hybridized carbons (Fsp3) is 0.323. The number of rotatable bonds is 13. The highest BCUT2D eigenvalue weighted by molar-refractivity contribution is 8.00. The monoisotopic (exact) mass is 518 g/mol. The second-order valence-corrected chi connectivity index (χ2v) is 17.1. The number of carbonyl (C=O) groups is 1. The van der Waals surface area contributed by atoms with Crippen LogP contribution >= 0.6 is 11.8 Å². The first-order valence-electron chi connectivity index (χ1n) is 12.6. The van der Waals surface area contributed by atoms with E-state index in [0.29, 0.717) is 6.61 Å². The number of thioether (sulfide) groups is 1. The molecule has 36 heavy (non-hydrogen) atoms. The zero-order valence-corrected chi connectivity index (χ0v) is 23.4. The minimum atomic E-state index is -1.24. The number of allylic oxidation sites excluding steroid dienone is 1. The molecule has 190 valence electrons. The molecule has 0 aliphatic rings. The molecule has 1 N–H and O–H groups in total. The van der Waals surface area contributed by atoms with Crippen LogP contribution in [0.15, 0.2) is 103 Å². The Hall–Kier alpha value is -2.60. The first kappa shape index (κ1) is 28.0. The molecule has 1 atom stereocenters. The summed E-state index contributed by atoms with van der Waals surface area (Å²) in [7, 11) is -1.24. The second-order valence-electron chi connectivity index (χ2n) is 10.1. The summed E-state index contributed by atoms with van der Waals surface area (Å²) in [6.45, 7) is 7.19. The number of hydrogen-bond acceptors (Lipinski definition) is 4. The van der Waals surface area contributed by atoms with Gasteiger partial charge in [0.25, 0.3) is 0 Å². The van der Waals surface area contributed by atoms with Crippen LogP contribution in [0.1, 0.15) is 29.5 Å². The molecule has 0 bridgehead atoms. The predicted molar refractivity (Wildman–Crippen MR) is 155 cm³/mol. The van der Waals surface area contributed by atoms with Gasteiger partial charge in [0, 0.05) is 8.07 Å². The third kappa shape index (κ3) is 8.22. The van der Waals surface area contributed by atoms with Crippen molar-refractivity contribution in [2.45, 2.75) is 49.4 Å². The third-order valence-electron chi connectivity index (χ3n) is 5.99. The zero-order valence-electron chi connectivity index (χ0n) is 21.6. The Kier molecular flexibility index (Phi) is 10.6. The number of aliphatic hydroxyl groups excluding tert-OH is 1. The summed E-state index contributed by atoms with van der Waals surface area (Å²) in [6.07, 6.45) is 3.64. The van der Waals surface area contributed by atoms with Gasteiger partial charge in [0.1, 0.15) is 0 Å². The van der Waals surface area contributed by atoms with E-state index in [9.17, 15) is 9.90 Å². The normalized spacial score (nSPS) is 13.0. The fourth-order valence-corrected chi connectivity index (χ4v) is 6.25. The molecule has 0 spiro atoms. The summed E-state index contributed by atoms with van der Waals surface area (Å²) in [5.74, 6) is 0.513. The van der Waals surface area contributed by atoms with Gasteiger partial charge in [-0.3, -0.25) is 4.79 Å². The molecule has 0 heterocycles. The molecule has 0 saturated heterocycles. The Morgan fingerprint density at radius 1 is 0.889 bits per heavy atom. The van der Waals surface area contributed by atoms with Gasteiger partial charge < -0.3 is 9.84 Å². The van der Waals surface area contributed by atoms with Crippen molar-refractivity contribution in [1.29, 1.82) is 0 Å². The van der Waals surface area contributed by atoms with Crippen molar-refractivity contribution in [2.24, 2.45) is 0 Å². The first-order chi connectivity index (χ1) is 17.3. The van der Waals surface area contributed by atoms with E-state index in [1.165, 1.54) is 16.7 Å². The zero-order chi connectivity index (χ0) is 25.9. The summed E-state index contributed by atoms with van der Waals surface area (Å²) in [6, 6.07) is 32.8. The highest BCUT2D eigenvalue weighted by Gasteiger charge is 2.36. The van der Waals surface area contributed by atoms with E-state index in [-0.39, 0.29) is 17.1 Å². The SMILES string of the molecule is C[Si](C)(C)CCOC(=O)C[C@H](O)/C=C/CCSC(c1ccccc1)(c1ccccc1)c1ccccc1. The van der Waals surface area contributed by atoms with E-state index in [4.69, 9.17) is 4.74 Å². The van der Waals surface area contributed by atoms with Crippen LogP contribution in [-0.2, 0) is 14.3 Å². The van der Waals surface area contributed by atoms with E-state index in [1.807, 2.05) is 17.8 Å². The van der Waals surface area contributed by atoms with Crippen LogP contribution in [-0.4, -0.2) is 37.6 Å². The lowest BCUT2D eigenvalue weighted by Crippen LogP contribution is -2.26. The van der Waals surface area contributed by atoms with Crippen LogP contribution in [0.2, 0.25) is 25.7 Å². The Balaban J connectivity index is 1.68. The van der Waals surface area contributed by atoms with Gasteiger partial charge >= 0.3 is 5.97 Å². The largest absolute Gasteiger partial charge is 0.466 e. The Morgan fingerprint density at radius 2 is 1.36 bits per heavy atom. The van der Waals surface area contributed by atoms with Crippen molar-refractivity contribution < 1.29 is 14.6 Å². The van der Waals surface area contributed by atoms with Gasteiger partial charge in [-0.15, -0.1) is 11.8 Å². The molecule has 0 unspecified atom stereocenters. The van der Waals surface area contributed by atoms with E-state index < -0.39 is 14.2 Å². The second kappa shape index (κ2) is 13.6. The van der Waals surface area contributed by atoms with Gasteiger partial charge in [-0.1, -0.05) is 123 Å². The van der Waals surface area contributed by atoms with Crippen molar-refractivity contribution >= 4 is 25.8 Å². The highest BCUT2D eigenvalue weighted by Crippen LogP contribution is 2.48. The molecule has 5 heteroatoms. The summed E-state index contributed by atoms with van der Waals surface area (Å²) in [4.78, 5) is 12.0. The standard InChI is InChI=1S/C31H38O3SSi/c1-36(2,3)24-22-34-30(33)25-29(32)21-13-14-23-35-31(26-15-7-4-8-16-26,27-17-9-5-10-18-27)28-19-11-6-12-20-28/h4-13,15-21,29,32H,14,22-25H2,1-3H3/b21-13+/t29-/m1/s1. The van der Waals surface area contributed by atoms with Crippen molar-refractivity contribution in [3.8, 4) is 0 Å². The number of hydrogen-bond donors (Lipinski definition) is 1. The molecule has 0 amide bonds. The van der Waals surface area contributed by atoms with Crippen LogP contribution in [0.25, 0.3) is 0 Å². The van der Waals surface area contributed by atoms with Crippen molar-refractivity contribution in [3.63, 3.8) is 0 Å². The van der Waals surface area contributed by atoms with E-state index >= 15 is 0 Å². The van der Waals surface area contributed by atoms with Gasteiger partial charge in [0.2, 0.25) is 0 Å². The van der Waals surface area contributed by atoms with Gasteiger partial charge in [0.05, 0.1) is 23.9 Å². The number of esters is 1. The molecule has 3 aromatic carbocycles. The smallest absolute Gasteiger partial charge is 0.308 e. The van der Waals surface area contributed by atoms with Gasteiger partial charge in [0.15, 0.2) is 0 Å². The fourth-order valence-electron chi connectivity index (χ4n) is 4.07. The molecule has 0 aliphatic heterocycles. The van der Waals surface area contributed by atoms with Crippen molar-refractivity contribution in [1.82, 2.24) is 0 Å². The average molecular weight is 519 g/mol. The molecule has 0 radical (unpaired) electrons. The topological polar surface area (TPSA) is 46.5 Å². The molecule has 3 rings (SSSR count). The third-order valence-corrected chi connectivity index (χ3v) is 9.28. The molecular formula is C31H38O3SSi. The minimum Gasteiger partial charge on any atom is -0.466 e. The number of benzene rings is 3. The van der Waals surface area contributed by atoms with Gasteiger partial charge in [-0.05, 0) is 34.9 Å². The van der Waals surface area contributed by atoms with Crippen molar-refractivity contribution in [3.05, 3.63) is 120 Å². The summed E-state index contributed by atoms with van der Waals surface area (Å²) in [5.41, 5.74) is 3.70. The molecule has 3 aromatic rings. The lowest BCUT2D eigenvalue weighted by atomic mass is 9.84. The van der Waals surface area contributed by atoms with Crippen molar-refractivity contribution in [2.75, 3.05) is 12.4 Å². The maximum atomic E-state index is 12.0. The quantitative estimate of drug-likeness (QED) is 0.0848. The van der Waals surface area contributed by atoms with E-state index in [0.717, 1.165) is 18.2 Å². The molecule has 3 nitrogen and oxygen atoms in total. The van der Waals surface area contributed by atoms with Crippen LogP contribution in [0.4, 0.5) is 0 Å². The molecule has 0 saturated carbocycles. The Morgan fingerprint density at radius 3 is 1.81 bits per heavy atom. The number of ether oxygens (including phenoxy) is 1. The maximum absolute atomic E-state index is 12.0. The van der Waals surface area contributed by atoms with Crippen LogP contribution < -0.4 is 0 Å². The van der Waals surface area contributed by atoms with Crippen LogP contribution in [0.3, 0.4) is 0 Å². The van der Waals surface area contributed by atoms with E-state index in [2.05, 4.69) is 111 Å². The average Bonchev–Trinajstić information content (AvgIpc) is 2.87. The van der Waals surface area contributed by atoms with Crippen LogP contribution in [0, 0.1) is 0 Å². The predicted octanol–water partition coefficient (Wildman–Crippen LogP) is 7.29. The van der Waals surface area contributed by atoms with E-state index in [1.54, 1.807) is 6.08 Å². The van der Waals surface area contributed by atoms with Gasteiger partial charge in [-0.25, -0.2) is 0 Å². The Labute approximate surface area is 221 Å². The number of carbonyl (C=O) groups excluding carboxylic acids is 1. The summed E-state index contributed by atoms with van der Waals surface area (Å²) in [5, 5.41) is 10.3. The molecule has 0 aliphatic carbocycles. The summed E-state index contributed by atoms with van der Waals surface area (Å²) >= 11 is 1.89. The van der Waals surface area contributed by atoms with Gasteiger partial charge in [-0.2, -0.15) is 0 Å². The summed E-state index contributed by atoms with van der Waals surface area (Å²) < 4.78 is 4.95. The molecule has 0 fully saturated rings. The lowest BCUT2D eigenvalue weighted by molar-refractivity contribution is -0.144. The Bertz CT molecular complexity index is 982. The lowest BCUT2D eigenvalue weighted by Gasteiger charge is -2.35. The number of aliphatic hydroxyl groups is 1. The molecular weight excluding hydrogens is 480 g/mol. The first-order valence-corrected chi connectivity index (χ1v) is 17.3. The minimum absolute atomic E-state index is 0.00265.